The molecule has 0 aromatic carbocycles. The Labute approximate surface area is 143 Å². The van der Waals surface area contributed by atoms with Crippen molar-refractivity contribution in [3.63, 3.8) is 0 Å². The Kier molecular flexibility index (Phi) is 3.48. The molecule has 1 aliphatic heterocycles. The molecule has 4 heteroatoms. The van der Waals surface area contributed by atoms with E-state index in [9.17, 15) is 9.90 Å². The predicted octanol–water partition coefficient (Wildman–Crippen LogP) is 3.51. The average Bonchev–Trinajstić information content (AvgIpc) is 2.85. The van der Waals surface area contributed by atoms with Crippen molar-refractivity contribution >= 4 is 17.1 Å². The Morgan fingerprint density at radius 2 is 1.50 bits per heavy atom. The lowest BCUT2D eigenvalue weighted by Gasteiger charge is -2.24. The van der Waals surface area contributed by atoms with E-state index in [-0.39, 0.29) is 11.5 Å². The number of hydrogen-bond donors (Lipinski definition) is 1. The maximum absolute atomic E-state index is 12.9. The Hall–Kier alpha value is -2.36. The number of allylic oxidation sites excluding steroid dienone is 5. The van der Waals surface area contributed by atoms with Crippen LogP contribution in [-0.4, -0.2) is 32.8 Å². The zero-order chi connectivity index (χ0) is 18.1. The van der Waals surface area contributed by atoms with Gasteiger partial charge in [-0.25, -0.2) is 4.58 Å². The summed E-state index contributed by atoms with van der Waals surface area (Å²) < 4.78 is 4.14. The predicted molar refractivity (Wildman–Crippen MR) is 96.4 cm³/mol. The van der Waals surface area contributed by atoms with E-state index in [4.69, 9.17) is 0 Å². The number of ketones is 1. The number of carbonyl (C=O) groups is 1. The molecule has 0 unspecified atom stereocenters. The standard InChI is InChI=1S/C20H24N2O2/c1-9-11(3)21(7)13(5)15(9)17-19(23)18(20(17)24)16-10(2)12(4)22(8)14(16)6/h1-8H3/p+1. The first-order valence-electron chi connectivity index (χ1n) is 8.22. The Bertz CT molecular complexity index is 895. The molecule has 0 atom stereocenters. The number of nitrogens with zero attached hydrogens (tertiary/aromatic N) is 2. The van der Waals surface area contributed by atoms with Gasteiger partial charge in [-0.1, -0.05) is 0 Å². The zero-order valence-corrected chi connectivity index (χ0v) is 15.7. The first kappa shape index (κ1) is 16.5. The van der Waals surface area contributed by atoms with Gasteiger partial charge >= 0.3 is 0 Å². The molecular weight excluding hydrogens is 300 g/mol. The second-order valence-electron chi connectivity index (χ2n) is 6.89. The molecule has 0 bridgehead atoms. The molecule has 2 heterocycles. The summed E-state index contributed by atoms with van der Waals surface area (Å²) in [4.78, 5) is 12.9. The average molecular weight is 325 g/mol. The first-order chi connectivity index (χ1) is 11.1. The molecule has 0 spiro atoms. The second-order valence-corrected chi connectivity index (χ2v) is 6.89. The van der Waals surface area contributed by atoms with Crippen molar-refractivity contribution in [1.29, 1.82) is 0 Å². The second kappa shape index (κ2) is 5.07. The van der Waals surface area contributed by atoms with Gasteiger partial charge < -0.3 is 9.67 Å². The number of rotatable bonds is 1. The summed E-state index contributed by atoms with van der Waals surface area (Å²) in [6, 6.07) is 0. The number of aliphatic hydroxyl groups excluding tert-OH is 1. The van der Waals surface area contributed by atoms with Gasteiger partial charge in [0.2, 0.25) is 5.78 Å². The van der Waals surface area contributed by atoms with Crippen LogP contribution in [0.1, 0.15) is 43.3 Å². The van der Waals surface area contributed by atoms with Gasteiger partial charge in [0, 0.05) is 43.4 Å². The highest BCUT2D eigenvalue weighted by Crippen LogP contribution is 2.44. The summed E-state index contributed by atoms with van der Waals surface area (Å²) >= 11 is 0. The normalized spacial score (nSPS) is 21.4. The fourth-order valence-corrected chi connectivity index (χ4v) is 3.85. The molecule has 0 fully saturated rings. The van der Waals surface area contributed by atoms with E-state index >= 15 is 0 Å². The number of hydrogen-bond acceptors (Lipinski definition) is 2. The van der Waals surface area contributed by atoms with Crippen molar-refractivity contribution in [3.05, 3.63) is 50.7 Å². The molecular formula is C20H25N2O2+. The molecule has 24 heavy (non-hydrogen) atoms. The molecule has 0 saturated carbocycles. The minimum absolute atomic E-state index is 0.0545. The minimum atomic E-state index is -0.0545. The zero-order valence-electron chi connectivity index (χ0n) is 15.7. The van der Waals surface area contributed by atoms with Gasteiger partial charge in [0.05, 0.1) is 16.7 Å². The smallest absolute Gasteiger partial charge is 0.202 e. The maximum atomic E-state index is 12.9. The van der Waals surface area contributed by atoms with Crippen LogP contribution in [0.15, 0.2) is 28.2 Å². The van der Waals surface area contributed by atoms with Crippen molar-refractivity contribution in [3.8, 4) is 0 Å². The Morgan fingerprint density at radius 1 is 0.917 bits per heavy atom. The van der Waals surface area contributed by atoms with Crippen LogP contribution in [0.5, 0.6) is 0 Å². The molecule has 0 radical (unpaired) electrons. The quantitative estimate of drug-likeness (QED) is 0.634. The summed E-state index contributed by atoms with van der Waals surface area (Å²) in [5.41, 5.74) is 9.05. The Morgan fingerprint density at radius 3 is 1.88 bits per heavy atom. The van der Waals surface area contributed by atoms with Gasteiger partial charge in [0.25, 0.3) is 0 Å². The number of Topliss-reactive ketones (excluding diaryl/α,β-unsaturated/α-hetero) is 1. The lowest BCUT2D eigenvalue weighted by atomic mass is 9.78. The van der Waals surface area contributed by atoms with Crippen molar-refractivity contribution in [1.82, 2.24) is 4.57 Å². The largest absolute Gasteiger partial charge is 0.506 e. The Balaban J connectivity index is 2.27. The third-order valence-corrected chi connectivity index (χ3v) is 6.00. The van der Waals surface area contributed by atoms with Gasteiger partial charge in [-0.15, -0.1) is 0 Å². The summed E-state index contributed by atoms with van der Waals surface area (Å²) in [7, 11) is 3.97. The molecule has 1 aromatic rings. The highest BCUT2D eigenvalue weighted by atomic mass is 16.3. The fourth-order valence-electron chi connectivity index (χ4n) is 3.85. The molecule has 0 saturated heterocycles. The molecule has 1 N–H and O–H groups in total. The number of aromatic nitrogens is 1. The van der Waals surface area contributed by atoms with Crippen LogP contribution in [0.25, 0.3) is 5.57 Å². The highest BCUT2D eigenvalue weighted by molar-refractivity contribution is 6.41. The van der Waals surface area contributed by atoms with Crippen LogP contribution in [0.4, 0.5) is 0 Å². The van der Waals surface area contributed by atoms with E-state index in [2.05, 4.69) is 9.14 Å². The van der Waals surface area contributed by atoms with Crippen molar-refractivity contribution < 1.29 is 14.5 Å². The van der Waals surface area contributed by atoms with Crippen molar-refractivity contribution in [2.45, 2.75) is 41.5 Å². The van der Waals surface area contributed by atoms with Crippen molar-refractivity contribution in [2.24, 2.45) is 7.05 Å². The SMILES string of the molecule is CC1=C(C)[N+](C)=C(C)/C1=C1\C(=O)C(c2c(C)c(C)n(C)c2C)=C1O. The summed E-state index contributed by atoms with van der Waals surface area (Å²) in [6.07, 6.45) is 0. The van der Waals surface area contributed by atoms with Crippen LogP contribution < -0.4 is 0 Å². The highest BCUT2D eigenvalue weighted by Gasteiger charge is 2.43. The molecule has 4 nitrogen and oxygen atoms in total. The van der Waals surface area contributed by atoms with E-state index in [0.29, 0.717) is 11.1 Å². The minimum Gasteiger partial charge on any atom is -0.506 e. The topological polar surface area (TPSA) is 45.2 Å². The molecule has 1 aliphatic carbocycles. The maximum Gasteiger partial charge on any atom is 0.202 e. The van der Waals surface area contributed by atoms with Gasteiger partial charge in [-0.3, -0.25) is 4.79 Å². The van der Waals surface area contributed by atoms with Crippen LogP contribution in [-0.2, 0) is 11.8 Å². The summed E-state index contributed by atoms with van der Waals surface area (Å²) in [5.74, 6) is 0.0784. The van der Waals surface area contributed by atoms with E-state index in [1.54, 1.807) is 0 Å². The molecule has 0 amide bonds. The first-order valence-corrected chi connectivity index (χ1v) is 8.22. The third kappa shape index (κ3) is 1.80. The van der Waals surface area contributed by atoms with E-state index in [1.807, 2.05) is 55.6 Å². The van der Waals surface area contributed by atoms with Crippen molar-refractivity contribution in [2.75, 3.05) is 7.05 Å². The van der Waals surface area contributed by atoms with E-state index in [1.165, 1.54) is 0 Å². The molecule has 3 rings (SSSR count). The molecule has 2 aliphatic rings. The molecule has 126 valence electrons. The van der Waals surface area contributed by atoms with E-state index < -0.39 is 0 Å². The van der Waals surface area contributed by atoms with Gasteiger partial charge in [0.15, 0.2) is 11.4 Å². The van der Waals surface area contributed by atoms with Gasteiger partial charge in [0.1, 0.15) is 12.8 Å². The van der Waals surface area contributed by atoms with E-state index in [0.717, 1.165) is 45.1 Å². The van der Waals surface area contributed by atoms with Crippen LogP contribution >= 0.6 is 0 Å². The van der Waals surface area contributed by atoms with Crippen LogP contribution in [0.2, 0.25) is 0 Å². The summed E-state index contributed by atoms with van der Waals surface area (Å²) in [6.45, 7) is 12.1. The van der Waals surface area contributed by atoms with Gasteiger partial charge in [-0.2, -0.15) is 0 Å². The summed E-state index contributed by atoms with van der Waals surface area (Å²) in [5, 5.41) is 10.7. The van der Waals surface area contributed by atoms with Crippen LogP contribution in [0, 0.1) is 20.8 Å². The third-order valence-electron chi connectivity index (χ3n) is 6.00. The number of carbonyl (C=O) groups excluding carboxylic acids is 1. The van der Waals surface area contributed by atoms with Gasteiger partial charge in [-0.05, 0) is 33.3 Å². The monoisotopic (exact) mass is 325 g/mol. The van der Waals surface area contributed by atoms with Crippen LogP contribution in [0.3, 0.4) is 0 Å². The lowest BCUT2D eigenvalue weighted by Crippen LogP contribution is -2.25. The molecule has 1 aromatic heterocycles. The fraction of sp³-hybridized carbons (Fsp3) is 0.400. The number of aliphatic hydroxyl groups is 1. The lowest BCUT2D eigenvalue weighted by molar-refractivity contribution is -0.440.